The topological polar surface area (TPSA) is 55.2 Å². The molecule has 0 aliphatic heterocycles. The molecule has 2 aromatic carbocycles. The number of aryl methyl sites for hydroxylation is 1. The zero-order valence-corrected chi connectivity index (χ0v) is 11.6. The lowest BCUT2D eigenvalue weighted by Crippen LogP contribution is -2.10. The van der Waals surface area contributed by atoms with Crippen molar-refractivity contribution in [2.75, 3.05) is 5.32 Å². The second-order valence-electron chi connectivity index (χ2n) is 4.79. The number of rotatable bonds is 4. The minimum Gasteiger partial charge on any atom is -0.378 e. The molecule has 4 nitrogen and oxygen atoms in total. The maximum Gasteiger partial charge on any atom is 0.269 e. The minimum atomic E-state index is -0.513. The van der Waals surface area contributed by atoms with E-state index in [1.54, 1.807) is 19.9 Å². The van der Waals surface area contributed by atoms with E-state index in [4.69, 9.17) is 0 Å². The summed E-state index contributed by atoms with van der Waals surface area (Å²) in [5, 5.41) is 13.7. The molecule has 0 spiro atoms. The summed E-state index contributed by atoms with van der Waals surface area (Å²) in [4.78, 5) is 10.2. The Morgan fingerprint density at radius 1 is 1.19 bits per heavy atom. The SMILES string of the molecule is Cc1cc([N+](=O)[O-])ccc1NC(C)c1cc(F)ccc1F. The first-order chi connectivity index (χ1) is 9.88. The second kappa shape index (κ2) is 5.87. The highest BCUT2D eigenvalue weighted by Gasteiger charge is 2.14. The quantitative estimate of drug-likeness (QED) is 0.673. The van der Waals surface area contributed by atoms with Crippen LogP contribution in [0.3, 0.4) is 0 Å². The number of halogens is 2. The number of anilines is 1. The van der Waals surface area contributed by atoms with Gasteiger partial charge in [0.2, 0.25) is 0 Å². The van der Waals surface area contributed by atoms with E-state index in [0.29, 0.717) is 11.3 Å². The molecule has 110 valence electrons. The first-order valence-corrected chi connectivity index (χ1v) is 6.35. The average Bonchev–Trinajstić information content (AvgIpc) is 2.43. The standard InChI is InChI=1S/C15H14F2N2O2/c1-9-7-12(19(20)21)4-6-15(9)18-10(2)13-8-11(16)3-5-14(13)17/h3-8,10,18H,1-2H3. The molecule has 0 aromatic heterocycles. The van der Waals surface area contributed by atoms with Gasteiger partial charge in [0.15, 0.2) is 0 Å². The van der Waals surface area contributed by atoms with Crippen molar-refractivity contribution in [2.45, 2.75) is 19.9 Å². The molecule has 0 fully saturated rings. The van der Waals surface area contributed by atoms with E-state index in [9.17, 15) is 18.9 Å². The monoisotopic (exact) mass is 292 g/mol. The number of nitrogens with one attached hydrogen (secondary N) is 1. The van der Waals surface area contributed by atoms with Crippen molar-refractivity contribution >= 4 is 11.4 Å². The number of hydrogen-bond donors (Lipinski definition) is 1. The summed E-state index contributed by atoms with van der Waals surface area (Å²) in [5.74, 6) is -1.02. The van der Waals surface area contributed by atoms with E-state index in [-0.39, 0.29) is 11.3 Å². The highest BCUT2D eigenvalue weighted by molar-refractivity contribution is 5.56. The highest BCUT2D eigenvalue weighted by atomic mass is 19.1. The molecule has 0 saturated carbocycles. The molecule has 6 heteroatoms. The van der Waals surface area contributed by atoms with E-state index < -0.39 is 22.6 Å². The lowest BCUT2D eigenvalue weighted by molar-refractivity contribution is -0.384. The van der Waals surface area contributed by atoms with Crippen LogP contribution in [0.4, 0.5) is 20.2 Å². The number of non-ortho nitro benzene ring substituents is 1. The molecule has 0 amide bonds. The third-order valence-electron chi connectivity index (χ3n) is 3.22. The van der Waals surface area contributed by atoms with E-state index >= 15 is 0 Å². The molecule has 0 aliphatic carbocycles. The second-order valence-corrected chi connectivity index (χ2v) is 4.79. The van der Waals surface area contributed by atoms with Crippen molar-refractivity contribution in [2.24, 2.45) is 0 Å². The molecule has 0 heterocycles. The molecule has 2 rings (SSSR count). The van der Waals surface area contributed by atoms with Gasteiger partial charge in [0.05, 0.1) is 11.0 Å². The van der Waals surface area contributed by atoms with Crippen LogP contribution in [0.15, 0.2) is 36.4 Å². The van der Waals surface area contributed by atoms with Crippen LogP contribution in [0.25, 0.3) is 0 Å². The first-order valence-electron chi connectivity index (χ1n) is 6.35. The first kappa shape index (κ1) is 14.9. The summed E-state index contributed by atoms with van der Waals surface area (Å²) in [6, 6.07) is 7.14. The number of benzene rings is 2. The Morgan fingerprint density at radius 3 is 2.52 bits per heavy atom. The van der Waals surface area contributed by atoms with Crippen molar-refractivity contribution in [3.05, 3.63) is 69.3 Å². The Hall–Kier alpha value is -2.50. The average molecular weight is 292 g/mol. The third-order valence-corrected chi connectivity index (χ3v) is 3.22. The fourth-order valence-electron chi connectivity index (χ4n) is 2.08. The summed E-state index contributed by atoms with van der Waals surface area (Å²) in [6.45, 7) is 3.41. The van der Waals surface area contributed by atoms with Gasteiger partial charge < -0.3 is 5.32 Å². The van der Waals surface area contributed by atoms with Crippen LogP contribution in [0.2, 0.25) is 0 Å². The lowest BCUT2D eigenvalue weighted by Gasteiger charge is -2.18. The maximum absolute atomic E-state index is 13.7. The maximum atomic E-state index is 13.7. The van der Waals surface area contributed by atoms with Gasteiger partial charge in [-0.25, -0.2) is 8.78 Å². The highest BCUT2D eigenvalue weighted by Crippen LogP contribution is 2.26. The van der Waals surface area contributed by atoms with Crippen molar-refractivity contribution in [1.82, 2.24) is 0 Å². The van der Waals surface area contributed by atoms with Gasteiger partial charge >= 0.3 is 0 Å². The fourth-order valence-corrected chi connectivity index (χ4v) is 2.08. The van der Waals surface area contributed by atoms with Gasteiger partial charge in [-0.1, -0.05) is 0 Å². The molecular weight excluding hydrogens is 278 g/mol. The van der Waals surface area contributed by atoms with Crippen LogP contribution in [-0.4, -0.2) is 4.92 Å². The minimum absolute atomic E-state index is 0.0114. The number of hydrogen-bond acceptors (Lipinski definition) is 3. The van der Waals surface area contributed by atoms with Crippen molar-refractivity contribution in [3.63, 3.8) is 0 Å². The third kappa shape index (κ3) is 3.34. The summed E-state index contributed by atoms with van der Waals surface area (Å²) >= 11 is 0. The van der Waals surface area contributed by atoms with E-state index in [1.807, 2.05) is 0 Å². The molecule has 0 aliphatic rings. The van der Waals surface area contributed by atoms with E-state index in [1.165, 1.54) is 12.1 Å². The Balaban J connectivity index is 2.25. The molecule has 21 heavy (non-hydrogen) atoms. The summed E-state index contributed by atoms with van der Waals surface area (Å²) in [5.41, 5.74) is 1.49. The number of nitro benzene ring substituents is 1. The predicted octanol–water partition coefficient (Wildman–Crippen LogP) is 4.35. The molecule has 1 unspecified atom stereocenters. The smallest absolute Gasteiger partial charge is 0.269 e. The van der Waals surface area contributed by atoms with Gasteiger partial charge in [-0.05, 0) is 43.7 Å². The Labute approximate surface area is 120 Å². The molecule has 0 saturated heterocycles. The van der Waals surface area contributed by atoms with Gasteiger partial charge in [0, 0.05) is 23.4 Å². The summed E-state index contributed by atoms with van der Waals surface area (Å²) in [6.07, 6.45) is 0. The van der Waals surface area contributed by atoms with Gasteiger partial charge in [-0.15, -0.1) is 0 Å². The normalized spacial score (nSPS) is 12.0. The Morgan fingerprint density at radius 2 is 1.90 bits per heavy atom. The van der Waals surface area contributed by atoms with Gasteiger partial charge in [-0.3, -0.25) is 10.1 Å². The summed E-state index contributed by atoms with van der Waals surface area (Å²) in [7, 11) is 0. The molecule has 0 radical (unpaired) electrons. The molecule has 1 N–H and O–H groups in total. The summed E-state index contributed by atoms with van der Waals surface area (Å²) < 4.78 is 26.9. The molecule has 2 aromatic rings. The Kier molecular flexibility index (Phi) is 4.16. The molecule has 0 bridgehead atoms. The van der Waals surface area contributed by atoms with Gasteiger partial charge in [0.25, 0.3) is 5.69 Å². The van der Waals surface area contributed by atoms with Gasteiger partial charge in [-0.2, -0.15) is 0 Å². The number of nitro groups is 1. The van der Waals surface area contributed by atoms with Crippen LogP contribution in [0.5, 0.6) is 0 Å². The largest absolute Gasteiger partial charge is 0.378 e. The van der Waals surface area contributed by atoms with Crippen LogP contribution in [-0.2, 0) is 0 Å². The fraction of sp³-hybridized carbons (Fsp3) is 0.200. The van der Waals surface area contributed by atoms with Gasteiger partial charge in [0.1, 0.15) is 11.6 Å². The lowest BCUT2D eigenvalue weighted by atomic mass is 10.1. The van der Waals surface area contributed by atoms with Crippen molar-refractivity contribution in [3.8, 4) is 0 Å². The molecular formula is C15H14F2N2O2. The number of nitrogens with zero attached hydrogens (tertiary/aromatic N) is 1. The van der Waals surface area contributed by atoms with E-state index in [2.05, 4.69) is 5.32 Å². The van der Waals surface area contributed by atoms with Crippen LogP contribution < -0.4 is 5.32 Å². The zero-order valence-electron chi connectivity index (χ0n) is 11.6. The van der Waals surface area contributed by atoms with Crippen LogP contribution in [0, 0.1) is 28.7 Å². The predicted molar refractivity (Wildman–Crippen MR) is 76.2 cm³/mol. The van der Waals surface area contributed by atoms with Crippen molar-refractivity contribution < 1.29 is 13.7 Å². The van der Waals surface area contributed by atoms with Crippen molar-refractivity contribution in [1.29, 1.82) is 0 Å². The zero-order chi connectivity index (χ0) is 15.6. The van der Waals surface area contributed by atoms with Crippen LogP contribution >= 0.6 is 0 Å². The Bertz CT molecular complexity index is 689. The van der Waals surface area contributed by atoms with E-state index in [0.717, 1.165) is 18.2 Å². The van der Waals surface area contributed by atoms with Crippen LogP contribution in [0.1, 0.15) is 24.1 Å². The molecule has 1 atom stereocenters.